The van der Waals surface area contributed by atoms with Gasteiger partial charge in [-0.25, -0.2) is 9.18 Å². The van der Waals surface area contributed by atoms with Crippen molar-refractivity contribution in [2.45, 2.75) is 43.9 Å². The van der Waals surface area contributed by atoms with Crippen LogP contribution < -0.4 is 0 Å². The number of alkyl halides is 3. The Bertz CT molecular complexity index is 1150. The molecule has 2 aromatic rings. The number of hydrogen-bond acceptors (Lipinski definition) is 6. The highest BCUT2D eigenvalue weighted by molar-refractivity contribution is 7.14. The van der Waals surface area contributed by atoms with Crippen molar-refractivity contribution in [1.29, 1.82) is 0 Å². The molecule has 170 valence electrons. The largest absolute Gasteiger partial charge is 0.504 e. The molecule has 2 saturated carbocycles. The first kappa shape index (κ1) is 21.4. The number of phenolic OH excluding ortho intramolecular Hbond substituents is 1. The second kappa shape index (κ2) is 6.77. The summed E-state index contributed by atoms with van der Waals surface area (Å²) in [5, 5.41) is 18.0. The van der Waals surface area contributed by atoms with Crippen molar-refractivity contribution >= 4 is 34.9 Å². The summed E-state index contributed by atoms with van der Waals surface area (Å²) in [6.45, 7) is -0.777. The number of hydrogen-bond donors (Lipinski definition) is 1. The predicted molar refractivity (Wildman–Crippen MR) is 104 cm³/mol. The molecular weight excluding hydrogens is 476 g/mol. The Morgan fingerprint density at radius 2 is 1.84 bits per heavy atom. The third-order valence-corrected chi connectivity index (χ3v) is 7.64. The predicted octanol–water partition coefficient (Wildman–Crippen LogP) is 4.34. The average molecular weight is 491 g/mol. The fraction of sp³-hybridized carbons (Fsp3) is 0.474. The molecule has 1 aromatic carbocycles. The van der Waals surface area contributed by atoms with E-state index in [1.54, 1.807) is 0 Å². The zero-order valence-electron chi connectivity index (χ0n) is 16.2. The van der Waals surface area contributed by atoms with Gasteiger partial charge < -0.3 is 10.0 Å². The summed E-state index contributed by atoms with van der Waals surface area (Å²) in [7, 11) is 0. The van der Waals surface area contributed by atoms with Gasteiger partial charge in [-0.1, -0.05) is 22.9 Å². The van der Waals surface area contributed by atoms with E-state index in [-0.39, 0.29) is 35.0 Å². The summed E-state index contributed by atoms with van der Waals surface area (Å²) in [5.74, 6) is -2.23. The van der Waals surface area contributed by atoms with E-state index >= 15 is 0 Å². The molecule has 32 heavy (non-hydrogen) atoms. The molecule has 1 spiro atoms. The van der Waals surface area contributed by atoms with Crippen molar-refractivity contribution in [3.8, 4) is 16.3 Å². The molecule has 0 unspecified atom stereocenters. The van der Waals surface area contributed by atoms with Gasteiger partial charge in [-0.05, 0) is 37.8 Å². The second-order valence-electron chi connectivity index (χ2n) is 8.33. The molecule has 7 nitrogen and oxygen atoms in total. The molecule has 1 N–H and O–H groups in total. The molecule has 3 fully saturated rings. The van der Waals surface area contributed by atoms with Crippen LogP contribution in [0, 0.1) is 11.2 Å². The molecule has 3 aliphatic rings. The lowest BCUT2D eigenvalue weighted by Gasteiger charge is -2.24. The van der Waals surface area contributed by atoms with E-state index in [4.69, 9.17) is 11.6 Å². The number of benzene rings is 1. The maximum absolute atomic E-state index is 13.4. The summed E-state index contributed by atoms with van der Waals surface area (Å²) in [4.78, 5) is 27.8. The van der Waals surface area contributed by atoms with Crippen LogP contribution in [-0.4, -0.2) is 55.3 Å². The third-order valence-electron chi connectivity index (χ3n) is 6.32. The Labute approximate surface area is 187 Å². The van der Waals surface area contributed by atoms with Gasteiger partial charge >= 0.3 is 12.2 Å². The molecule has 1 saturated heterocycles. The van der Waals surface area contributed by atoms with Crippen molar-refractivity contribution in [2.24, 2.45) is 5.41 Å². The standard InChI is InChI=1S/C19H15ClF4N4O3S/c20-12-9(1-2-10(21)13(12)29)14-26-25-11(32-14)7-28-16(31)27(15(30)18(28)5-6-18)8-17(3-4-17)19(22,23)24/h1-2,29H,3-8H2. The fourth-order valence-electron chi connectivity index (χ4n) is 4.00. The smallest absolute Gasteiger partial charge is 0.396 e. The van der Waals surface area contributed by atoms with E-state index < -0.39 is 47.2 Å². The van der Waals surface area contributed by atoms with Crippen LogP contribution in [0.2, 0.25) is 5.02 Å². The van der Waals surface area contributed by atoms with E-state index in [1.165, 1.54) is 11.0 Å². The van der Waals surface area contributed by atoms with Gasteiger partial charge in [0.05, 0.1) is 17.0 Å². The lowest BCUT2D eigenvalue weighted by molar-refractivity contribution is -0.190. The van der Waals surface area contributed by atoms with E-state index in [0.717, 1.165) is 22.3 Å². The molecule has 0 radical (unpaired) electrons. The van der Waals surface area contributed by atoms with Crippen LogP contribution in [0.5, 0.6) is 5.75 Å². The lowest BCUT2D eigenvalue weighted by atomic mass is 10.1. The van der Waals surface area contributed by atoms with Gasteiger partial charge in [-0.2, -0.15) is 13.2 Å². The number of carbonyl (C=O) groups is 2. The number of imide groups is 1. The van der Waals surface area contributed by atoms with Crippen molar-refractivity contribution in [3.63, 3.8) is 0 Å². The highest BCUT2D eigenvalue weighted by Gasteiger charge is 2.70. The van der Waals surface area contributed by atoms with Crippen LogP contribution >= 0.6 is 22.9 Å². The fourth-order valence-corrected chi connectivity index (χ4v) is 5.15. The Morgan fingerprint density at radius 3 is 2.44 bits per heavy atom. The van der Waals surface area contributed by atoms with Crippen LogP contribution in [-0.2, 0) is 11.3 Å². The third kappa shape index (κ3) is 3.06. The topological polar surface area (TPSA) is 86.6 Å². The molecule has 2 heterocycles. The first-order valence-corrected chi connectivity index (χ1v) is 10.9. The van der Waals surface area contributed by atoms with E-state index in [9.17, 15) is 32.3 Å². The number of amides is 3. The number of urea groups is 1. The number of aromatic nitrogens is 2. The number of nitrogens with zero attached hydrogens (tertiary/aromatic N) is 4. The normalized spacial score (nSPS) is 21.0. The van der Waals surface area contributed by atoms with Crippen molar-refractivity contribution < 1.29 is 32.3 Å². The van der Waals surface area contributed by atoms with Crippen molar-refractivity contribution in [2.75, 3.05) is 6.54 Å². The van der Waals surface area contributed by atoms with Gasteiger partial charge in [0.1, 0.15) is 15.6 Å². The molecular formula is C19H15ClF4N4O3S. The molecule has 2 aliphatic carbocycles. The maximum Gasteiger partial charge on any atom is 0.396 e. The van der Waals surface area contributed by atoms with Gasteiger partial charge in [0.15, 0.2) is 11.6 Å². The summed E-state index contributed by atoms with van der Waals surface area (Å²) in [5.41, 5.74) is -2.90. The number of carbonyl (C=O) groups excluding carboxylic acids is 2. The van der Waals surface area contributed by atoms with Crippen LogP contribution in [0.25, 0.3) is 10.6 Å². The summed E-state index contributed by atoms with van der Waals surface area (Å²) >= 11 is 7.00. The minimum absolute atomic E-state index is 0.106. The van der Waals surface area contributed by atoms with E-state index in [2.05, 4.69) is 10.2 Å². The first-order valence-electron chi connectivity index (χ1n) is 9.69. The van der Waals surface area contributed by atoms with E-state index in [1.807, 2.05) is 0 Å². The van der Waals surface area contributed by atoms with Crippen molar-refractivity contribution in [1.82, 2.24) is 20.0 Å². The van der Waals surface area contributed by atoms with Gasteiger partial charge in [-0.15, -0.1) is 10.2 Å². The molecule has 0 bridgehead atoms. The SMILES string of the molecule is O=C1N(CC2(C(F)(F)F)CC2)C(=O)C2(CC2)N1Cc1nnc(-c2ccc(F)c(O)c2Cl)s1. The molecule has 13 heteroatoms. The van der Waals surface area contributed by atoms with E-state index in [0.29, 0.717) is 17.8 Å². The van der Waals surface area contributed by atoms with Crippen molar-refractivity contribution in [3.05, 3.63) is 28.0 Å². The average Bonchev–Trinajstić information content (AvgIpc) is 3.64. The quantitative estimate of drug-likeness (QED) is 0.497. The Kier molecular flexibility index (Phi) is 4.52. The zero-order chi connectivity index (χ0) is 23.1. The molecule has 3 amide bonds. The number of halogens is 5. The Morgan fingerprint density at radius 1 is 1.16 bits per heavy atom. The van der Waals surface area contributed by atoms with Gasteiger partial charge in [0.25, 0.3) is 5.91 Å². The maximum atomic E-state index is 13.4. The van der Waals surface area contributed by atoms with Crippen LogP contribution in [0.15, 0.2) is 12.1 Å². The van der Waals surface area contributed by atoms with Crippen LogP contribution in [0.4, 0.5) is 22.4 Å². The second-order valence-corrected chi connectivity index (χ2v) is 9.77. The van der Waals surface area contributed by atoms with Gasteiger partial charge in [0.2, 0.25) is 0 Å². The number of aromatic hydroxyl groups is 1. The lowest BCUT2D eigenvalue weighted by Crippen LogP contribution is -2.42. The van der Waals surface area contributed by atoms with Crippen LogP contribution in [0.3, 0.4) is 0 Å². The minimum atomic E-state index is -4.48. The molecule has 5 rings (SSSR count). The first-order chi connectivity index (χ1) is 15.0. The Hall–Kier alpha value is -2.47. The summed E-state index contributed by atoms with van der Waals surface area (Å²) in [6, 6.07) is 1.58. The minimum Gasteiger partial charge on any atom is -0.504 e. The van der Waals surface area contributed by atoms with Crippen LogP contribution in [0.1, 0.15) is 30.7 Å². The highest BCUT2D eigenvalue weighted by atomic mass is 35.5. The number of rotatable bonds is 5. The van der Waals surface area contributed by atoms with Gasteiger partial charge in [-0.3, -0.25) is 9.69 Å². The number of phenols is 1. The zero-order valence-corrected chi connectivity index (χ0v) is 17.8. The summed E-state index contributed by atoms with van der Waals surface area (Å²) < 4.78 is 53.6. The molecule has 0 atom stereocenters. The Balaban J connectivity index is 1.38. The monoisotopic (exact) mass is 490 g/mol. The van der Waals surface area contributed by atoms with Gasteiger partial charge in [0, 0.05) is 12.1 Å². The summed E-state index contributed by atoms with van der Waals surface area (Å²) in [6.07, 6.45) is -3.95. The highest BCUT2D eigenvalue weighted by Crippen LogP contribution is 2.59. The molecule has 1 aromatic heterocycles. The molecule has 1 aliphatic heterocycles.